The molecule has 2 N–H and O–H groups in total. The Morgan fingerprint density at radius 3 is 2.47 bits per heavy atom. The molecule has 0 spiro atoms. The average Bonchev–Trinajstić information content (AvgIpc) is 2.61. The van der Waals surface area contributed by atoms with Crippen molar-refractivity contribution in [3.8, 4) is 0 Å². The van der Waals surface area contributed by atoms with Crippen LogP contribution in [0.25, 0.3) is 0 Å². The van der Waals surface area contributed by atoms with Crippen LogP contribution in [0.15, 0.2) is 22.7 Å². The molecule has 2 rings (SSSR count). The number of aliphatic hydroxyl groups is 2. The van der Waals surface area contributed by atoms with E-state index in [0.717, 1.165) is 25.7 Å². The quantitative estimate of drug-likeness (QED) is 0.831. The van der Waals surface area contributed by atoms with Gasteiger partial charge in [-0.05, 0) is 40.4 Å². The Labute approximate surface area is 121 Å². The highest BCUT2D eigenvalue weighted by Crippen LogP contribution is 2.32. The Hall–Kier alpha value is -0.450. The van der Waals surface area contributed by atoms with E-state index in [0.29, 0.717) is 22.9 Å². The van der Waals surface area contributed by atoms with E-state index in [1.54, 1.807) is 12.1 Å². The summed E-state index contributed by atoms with van der Waals surface area (Å²) in [5, 5.41) is 20.9. The van der Waals surface area contributed by atoms with E-state index in [1.165, 1.54) is 6.07 Å². The van der Waals surface area contributed by atoms with Crippen LogP contribution in [0.2, 0.25) is 0 Å². The van der Waals surface area contributed by atoms with Gasteiger partial charge in [-0.25, -0.2) is 4.39 Å². The van der Waals surface area contributed by atoms with E-state index in [9.17, 15) is 14.6 Å². The highest BCUT2D eigenvalue weighted by Gasteiger charge is 2.36. The van der Waals surface area contributed by atoms with Crippen molar-refractivity contribution in [2.45, 2.75) is 56.7 Å². The molecule has 0 amide bonds. The van der Waals surface area contributed by atoms with Crippen LogP contribution < -0.4 is 0 Å². The molecule has 4 heteroatoms. The molecule has 1 aromatic carbocycles. The average molecular weight is 331 g/mol. The number of aliphatic hydroxyl groups excluding tert-OH is 1. The minimum atomic E-state index is -1.03. The van der Waals surface area contributed by atoms with Gasteiger partial charge in [0.25, 0.3) is 0 Å². The second-order valence-corrected chi connectivity index (χ2v) is 6.24. The van der Waals surface area contributed by atoms with Crippen molar-refractivity contribution in [3.63, 3.8) is 0 Å². The lowest BCUT2D eigenvalue weighted by molar-refractivity contribution is -0.0837. The Morgan fingerprint density at radius 1 is 1.21 bits per heavy atom. The molecule has 0 bridgehead atoms. The molecule has 1 saturated carbocycles. The van der Waals surface area contributed by atoms with Crippen LogP contribution in [-0.4, -0.2) is 21.9 Å². The maximum Gasteiger partial charge on any atom is 0.137 e. The molecule has 0 saturated heterocycles. The molecule has 1 aliphatic rings. The van der Waals surface area contributed by atoms with Crippen molar-refractivity contribution in [1.82, 2.24) is 0 Å². The summed E-state index contributed by atoms with van der Waals surface area (Å²) in [4.78, 5) is 0. The zero-order chi connectivity index (χ0) is 13.9. The minimum Gasteiger partial charge on any atom is -0.390 e. The Balaban J connectivity index is 2.11. The second kappa shape index (κ2) is 6.33. The first-order valence-corrected chi connectivity index (χ1v) is 7.65. The van der Waals surface area contributed by atoms with Crippen molar-refractivity contribution in [3.05, 3.63) is 34.1 Å². The maximum absolute atomic E-state index is 13.4. The molecule has 19 heavy (non-hydrogen) atoms. The maximum atomic E-state index is 13.4. The monoisotopic (exact) mass is 330 g/mol. The van der Waals surface area contributed by atoms with Crippen molar-refractivity contribution in [2.75, 3.05) is 0 Å². The van der Waals surface area contributed by atoms with Gasteiger partial charge in [0.05, 0.1) is 16.2 Å². The fourth-order valence-electron chi connectivity index (χ4n) is 2.78. The SMILES string of the molecule is OC(Cc1cccc(F)c1Br)C1(O)CCCCCC1. The van der Waals surface area contributed by atoms with Crippen LogP contribution in [0.4, 0.5) is 4.39 Å². The zero-order valence-electron chi connectivity index (χ0n) is 10.9. The van der Waals surface area contributed by atoms with Crippen molar-refractivity contribution in [1.29, 1.82) is 0 Å². The number of hydrogen-bond donors (Lipinski definition) is 2. The summed E-state index contributed by atoms with van der Waals surface area (Å²) < 4.78 is 13.8. The van der Waals surface area contributed by atoms with E-state index in [2.05, 4.69) is 15.9 Å². The lowest BCUT2D eigenvalue weighted by Crippen LogP contribution is -2.43. The summed E-state index contributed by atoms with van der Waals surface area (Å²) in [5.41, 5.74) is -0.326. The Morgan fingerprint density at radius 2 is 1.84 bits per heavy atom. The van der Waals surface area contributed by atoms with Gasteiger partial charge in [-0.2, -0.15) is 0 Å². The molecule has 1 aromatic rings. The summed E-state index contributed by atoms with van der Waals surface area (Å²) in [6.07, 6.45) is 4.79. The lowest BCUT2D eigenvalue weighted by atomic mass is 9.85. The predicted molar refractivity (Wildman–Crippen MR) is 76.5 cm³/mol. The van der Waals surface area contributed by atoms with Gasteiger partial charge < -0.3 is 10.2 Å². The van der Waals surface area contributed by atoms with E-state index in [4.69, 9.17) is 0 Å². The largest absolute Gasteiger partial charge is 0.390 e. The first kappa shape index (κ1) is 14.9. The summed E-state index contributed by atoms with van der Waals surface area (Å²) >= 11 is 3.20. The zero-order valence-corrected chi connectivity index (χ0v) is 12.5. The summed E-state index contributed by atoms with van der Waals surface area (Å²) in [7, 11) is 0. The van der Waals surface area contributed by atoms with E-state index in [1.807, 2.05) is 0 Å². The first-order chi connectivity index (χ1) is 9.03. The van der Waals surface area contributed by atoms with Crippen molar-refractivity contribution in [2.24, 2.45) is 0 Å². The van der Waals surface area contributed by atoms with Gasteiger partial charge in [-0.15, -0.1) is 0 Å². The third-order valence-electron chi connectivity index (χ3n) is 4.03. The standard InChI is InChI=1S/C15H20BrFO2/c16-14-11(6-5-7-12(14)17)10-13(18)15(19)8-3-1-2-4-9-15/h5-7,13,18-19H,1-4,8-10H2. The van der Waals surface area contributed by atoms with E-state index >= 15 is 0 Å². The number of benzene rings is 1. The van der Waals surface area contributed by atoms with E-state index in [-0.39, 0.29) is 12.2 Å². The second-order valence-electron chi connectivity index (χ2n) is 5.45. The first-order valence-electron chi connectivity index (χ1n) is 6.86. The molecular weight excluding hydrogens is 311 g/mol. The van der Waals surface area contributed by atoms with Crippen LogP contribution in [0.3, 0.4) is 0 Å². The Kier molecular flexibility index (Phi) is 4.98. The van der Waals surface area contributed by atoms with Gasteiger partial charge in [0, 0.05) is 6.42 Å². The molecule has 0 aromatic heterocycles. The van der Waals surface area contributed by atoms with Gasteiger partial charge in [0.2, 0.25) is 0 Å². The van der Waals surface area contributed by atoms with Gasteiger partial charge >= 0.3 is 0 Å². The molecule has 0 radical (unpaired) electrons. The van der Waals surface area contributed by atoms with Gasteiger partial charge in [-0.1, -0.05) is 37.8 Å². The summed E-state index contributed by atoms with van der Waals surface area (Å²) in [6, 6.07) is 4.77. The smallest absolute Gasteiger partial charge is 0.137 e. The van der Waals surface area contributed by atoms with Gasteiger partial charge in [-0.3, -0.25) is 0 Å². The number of hydrogen-bond acceptors (Lipinski definition) is 2. The molecule has 1 aliphatic carbocycles. The van der Waals surface area contributed by atoms with Crippen LogP contribution in [-0.2, 0) is 6.42 Å². The minimum absolute atomic E-state index is 0.273. The third kappa shape index (κ3) is 3.56. The molecule has 1 atom stereocenters. The molecule has 2 nitrogen and oxygen atoms in total. The van der Waals surface area contributed by atoms with Crippen LogP contribution in [0, 0.1) is 5.82 Å². The molecule has 1 unspecified atom stereocenters. The Bertz CT molecular complexity index is 428. The normalized spacial score (nSPS) is 20.8. The summed E-state index contributed by atoms with van der Waals surface area (Å²) in [6.45, 7) is 0. The highest BCUT2D eigenvalue weighted by molar-refractivity contribution is 9.10. The fraction of sp³-hybridized carbons (Fsp3) is 0.600. The van der Waals surface area contributed by atoms with Gasteiger partial charge in [0.15, 0.2) is 0 Å². The predicted octanol–water partition coefficient (Wildman–Crippen LogP) is 3.58. The highest BCUT2D eigenvalue weighted by atomic mass is 79.9. The molecule has 0 heterocycles. The molecule has 0 aliphatic heterocycles. The topological polar surface area (TPSA) is 40.5 Å². The molecular formula is C15H20BrFO2. The number of halogens is 2. The molecule has 106 valence electrons. The number of rotatable bonds is 3. The van der Waals surface area contributed by atoms with Crippen molar-refractivity contribution >= 4 is 15.9 Å². The third-order valence-corrected chi connectivity index (χ3v) is 4.92. The summed E-state index contributed by atoms with van der Waals surface area (Å²) in [5.74, 6) is -0.336. The van der Waals surface area contributed by atoms with Crippen LogP contribution in [0.1, 0.15) is 44.1 Å². The van der Waals surface area contributed by atoms with E-state index < -0.39 is 11.7 Å². The lowest BCUT2D eigenvalue weighted by Gasteiger charge is -2.32. The van der Waals surface area contributed by atoms with Crippen LogP contribution >= 0.6 is 15.9 Å². The fourth-order valence-corrected chi connectivity index (χ4v) is 3.20. The van der Waals surface area contributed by atoms with Gasteiger partial charge in [0.1, 0.15) is 5.82 Å². The van der Waals surface area contributed by atoms with Crippen LogP contribution in [0.5, 0.6) is 0 Å². The molecule has 1 fully saturated rings. The van der Waals surface area contributed by atoms with Crippen molar-refractivity contribution < 1.29 is 14.6 Å².